The number of hydrogen-bond acceptors (Lipinski definition) is 3. The lowest BCUT2D eigenvalue weighted by Gasteiger charge is -2.10. The van der Waals surface area contributed by atoms with Crippen molar-refractivity contribution in [3.05, 3.63) is 29.8 Å². The van der Waals surface area contributed by atoms with Gasteiger partial charge < -0.3 is 5.32 Å². The molecule has 0 saturated heterocycles. The minimum Gasteiger partial charge on any atom is -0.343 e. The normalized spacial score (nSPS) is 12.5. The Kier molecular flexibility index (Phi) is 5.95. The quantitative estimate of drug-likeness (QED) is 0.832. The monoisotopic (exact) mass is 338 g/mol. The van der Waals surface area contributed by atoms with Crippen molar-refractivity contribution in [1.82, 2.24) is 10.0 Å². The fourth-order valence-electron chi connectivity index (χ4n) is 1.43. The number of nitrogens with one attached hydrogen (secondary N) is 2. The Bertz CT molecular complexity index is 610. The van der Waals surface area contributed by atoms with Crippen LogP contribution in [-0.2, 0) is 10.0 Å². The van der Waals surface area contributed by atoms with Crippen molar-refractivity contribution in [2.24, 2.45) is 5.92 Å². The largest absolute Gasteiger partial charge is 0.405 e. The number of carbonyl (C=O) groups is 1. The minimum absolute atomic E-state index is 0.0490. The average molecular weight is 338 g/mol. The van der Waals surface area contributed by atoms with Crippen molar-refractivity contribution in [3.63, 3.8) is 0 Å². The van der Waals surface area contributed by atoms with Gasteiger partial charge in [-0.25, -0.2) is 13.1 Å². The molecule has 5 nitrogen and oxygen atoms in total. The number of alkyl halides is 3. The summed E-state index contributed by atoms with van der Waals surface area (Å²) in [4.78, 5) is 11.4. The number of carbonyl (C=O) groups excluding carboxylic acids is 1. The number of halogens is 3. The Hall–Kier alpha value is -1.61. The van der Waals surface area contributed by atoms with Crippen molar-refractivity contribution in [2.45, 2.75) is 24.9 Å². The molecule has 0 bridgehead atoms. The first-order valence-corrected chi connectivity index (χ1v) is 7.94. The summed E-state index contributed by atoms with van der Waals surface area (Å²) in [6, 6.07) is 4.67. The van der Waals surface area contributed by atoms with Gasteiger partial charge in [-0.05, 0) is 30.2 Å². The van der Waals surface area contributed by atoms with E-state index in [2.05, 4.69) is 4.72 Å². The zero-order valence-corrected chi connectivity index (χ0v) is 12.9. The molecule has 1 rings (SSSR count). The van der Waals surface area contributed by atoms with E-state index in [1.807, 2.05) is 13.8 Å². The van der Waals surface area contributed by atoms with E-state index in [0.29, 0.717) is 0 Å². The molecule has 0 fully saturated rings. The van der Waals surface area contributed by atoms with Gasteiger partial charge in [0.15, 0.2) is 0 Å². The van der Waals surface area contributed by atoms with E-state index in [4.69, 9.17) is 0 Å². The molecule has 124 valence electrons. The van der Waals surface area contributed by atoms with Gasteiger partial charge in [0.1, 0.15) is 6.54 Å². The molecule has 0 aliphatic carbocycles. The summed E-state index contributed by atoms with van der Waals surface area (Å²) < 4.78 is 62.2. The highest BCUT2D eigenvalue weighted by Crippen LogP contribution is 2.14. The molecule has 0 heterocycles. The minimum atomic E-state index is -4.50. The van der Waals surface area contributed by atoms with Crippen LogP contribution in [0.2, 0.25) is 0 Å². The van der Waals surface area contributed by atoms with Crippen LogP contribution in [0.15, 0.2) is 29.2 Å². The average Bonchev–Trinajstić information content (AvgIpc) is 2.42. The summed E-state index contributed by atoms with van der Waals surface area (Å²) in [7, 11) is -3.70. The van der Waals surface area contributed by atoms with E-state index >= 15 is 0 Å². The van der Waals surface area contributed by atoms with Crippen molar-refractivity contribution < 1.29 is 26.4 Å². The fourth-order valence-corrected chi connectivity index (χ4v) is 2.64. The zero-order chi connectivity index (χ0) is 17.0. The first-order chi connectivity index (χ1) is 10.0. The number of rotatable bonds is 6. The van der Waals surface area contributed by atoms with Gasteiger partial charge in [-0.2, -0.15) is 13.2 Å². The van der Waals surface area contributed by atoms with Crippen LogP contribution in [0.1, 0.15) is 24.2 Å². The van der Waals surface area contributed by atoms with E-state index in [9.17, 15) is 26.4 Å². The molecule has 0 aliphatic heterocycles. The van der Waals surface area contributed by atoms with E-state index < -0.39 is 28.7 Å². The molecular weight excluding hydrogens is 321 g/mol. The number of sulfonamides is 1. The molecule has 0 aromatic heterocycles. The number of amides is 1. The third-order valence-electron chi connectivity index (χ3n) is 2.56. The molecule has 0 unspecified atom stereocenters. The van der Waals surface area contributed by atoms with Gasteiger partial charge in [0.05, 0.1) is 4.90 Å². The summed E-state index contributed by atoms with van der Waals surface area (Å²) in [5.74, 6) is -0.793. The van der Waals surface area contributed by atoms with Gasteiger partial charge in [-0.15, -0.1) is 0 Å². The Balaban J connectivity index is 2.76. The molecule has 9 heteroatoms. The van der Waals surface area contributed by atoms with Crippen LogP contribution in [-0.4, -0.2) is 33.6 Å². The van der Waals surface area contributed by atoms with Gasteiger partial charge in [0.25, 0.3) is 5.91 Å². The highest BCUT2D eigenvalue weighted by Gasteiger charge is 2.28. The SMILES string of the molecule is CC(C)CNS(=O)(=O)c1ccc(C(=O)NCC(F)(F)F)cc1. The lowest BCUT2D eigenvalue weighted by Crippen LogP contribution is -2.33. The van der Waals surface area contributed by atoms with Crippen LogP contribution in [0.4, 0.5) is 13.2 Å². The maximum Gasteiger partial charge on any atom is 0.405 e. The fraction of sp³-hybridized carbons (Fsp3) is 0.462. The number of hydrogen-bond donors (Lipinski definition) is 2. The van der Waals surface area contributed by atoms with Crippen molar-refractivity contribution in [1.29, 1.82) is 0 Å². The third-order valence-corrected chi connectivity index (χ3v) is 4.00. The summed E-state index contributed by atoms with van der Waals surface area (Å²) in [6.07, 6.45) is -4.50. The van der Waals surface area contributed by atoms with Crippen molar-refractivity contribution in [3.8, 4) is 0 Å². The van der Waals surface area contributed by atoms with Crippen molar-refractivity contribution in [2.75, 3.05) is 13.1 Å². The Labute approximate surface area is 127 Å². The molecule has 0 radical (unpaired) electrons. The van der Waals surface area contributed by atoms with Crippen LogP contribution in [0, 0.1) is 5.92 Å². The van der Waals surface area contributed by atoms with Crippen molar-refractivity contribution >= 4 is 15.9 Å². The van der Waals surface area contributed by atoms with Gasteiger partial charge in [0.2, 0.25) is 10.0 Å². The van der Waals surface area contributed by atoms with Gasteiger partial charge in [-0.3, -0.25) is 4.79 Å². The first kappa shape index (κ1) is 18.4. The molecule has 1 aromatic rings. The second-order valence-electron chi connectivity index (χ2n) is 5.07. The second-order valence-corrected chi connectivity index (χ2v) is 6.83. The van der Waals surface area contributed by atoms with Crippen LogP contribution in [0.3, 0.4) is 0 Å². The molecule has 1 aromatic carbocycles. The first-order valence-electron chi connectivity index (χ1n) is 6.46. The van der Waals surface area contributed by atoms with E-state index in [-0.39, 0.29) is 22.9 Å². The lowest BCUT2D eigenvalue weighted by molar-refractivity contribution is -0.123. The standard InChI is InChI=1S/C13H17F3N2O3S/c1-9(2)7-18-22(20,21)11-5-3-10(4-6-11)12(19)17-8-13(14,15)16/h3-6,9,18H,7-8H2,1-2H3,(H,17,19). The van der Waals surface area contributed by atoms with E-state index in [0.717, 1.165) is 12.1 Å². The summed E-state index contributed by atoms with van der Waals surface area (Å²) in [5, 5.41) is 1.71. The van der Waals surface area contributed by atoms with Gasteiger partial charge >= 0.3 is 6.18 Å². The predicted octanol–water partition coefficient (Wildman–Crippen LogP) is 1.91. The Morgan fingerprint density at radius 3 is 2.18 bits per heavy atom. The molecule has 22 heavy (non-hydrogen) atoms. The summed E-state index contributed by atoms with van der Waals surface area (Å²) in [6.45, 7) is 2.51. The molecule has 0 spiro atoms. The number of benzene rings is 1. The Morgan fingerprint density at radius 2 is 1.73 bits per heavy atom. The van der Waals surface area contributed by atoms with Crippen LogP contribution in [0.25, 0.3) is 0 Å². The van der Waals surface area contributed by atoms with E-state index in [1.54, 1.807) is 5.32 Å². The summed E-state index contributed by atoms with van der Waals surface area (Å²) in [5.41, 5.74) is -0.0490. The Morgan fingerprint density at radius 1 is 1.18 bits per heavy atom. The smallest absolute Gasteiger partial charge is 0.343 e. The second kappa shape index (κ2) is 7.10. The molecular formula is C13H17F3N2O3S. The molecule has 0 aliphatic rings. The van der Waals surface area contributed by atoms with Crippen LogP contribution in [0.5, 0.6) is 0 Å². The zero-order valence-electron chi connectivity index (χ0n) is 12.1. The lowest BCUT2D eigenvalue weighted by atomic mass is 10.2. The molecule has 1 amide bonds. The highest BCUT2D eigenvalue weighted by atomic mass is 32.2. The van der Waals surface area contributed by atoms with Crippen LogP contribution >= 0.6 is 0 Å². The maximum absolute atomic E-state index is 12.0. The van der Waals surface area contributed by atoms with Crippen LogP contribution < -0.4 is 10.0 Å². The molecule has 0 saturated carbocycles. The maximum atomic E-state index is 12.0. The van der Waals surface area contributed by atoms with E-state index in [1.165, 1.54) is 12.1 Å². The van der Waals surface area contributed by atoms with Gasteiger partial charge in [-0.1, -0.05) is 13.8 Å². The topological polar surface area (TPSA) is 75.3 Å². The summed E-state index contributed by atoms with van der Waals surface area (Å²) >= 11 is 0. The third kappa shape index (κ3) is 6.02. The molecule has 0 atom stereocenters. The molecule has 2 N–H and O–H groups in total. The highest BCUT2D eigenvalue weighted by molar-refractivity contribution is 7.89. The predicted molar refractivity (Wildman–Crippen MR) is 74.9 cm³/mol. The van der Waals surface area contributed by atoms with Gasteiger partial charge in [0, 0.05) is 12.1 Å².